The number of carboxylic acid groups (broad SMARTS) is 1. The quantitative estimate of drug-likeness (QED) is 0.914. The van der Waals surface area contributed by atoms with Gasteiger partial charge in [-0.25, -0.2) is 13.2 Å². The lowest BCUT2D eigenvalue weighted by molar-refractivity contribution is 0.0697. The Kier molecular flexibility index (Phi) is 4.36. The largest absolute Gasteiger partial charge is 0.478 e. The maximum absolute atomic E-state index is 11.5. The van der Waals surface area contributed by atoms with E-state index in [1.165, 1.54) is 12.1 Å². The van der Waals surface area contributed by atoms with Gasteiger partial charge in [0.2, 0.25) is 0 Å². The van der Waals surface area contributed by atoms with Crippen LogP contribution >= 0.6 is 11.6 Å². The van der Waals surface area contributed by atoms with Crippen molar-refractivity contribution in [3.63, 3.8) is 0 Å². The van der Waals surface area contributed by atoms with Gasteiger partial charge in [0, 0.05) is 17.6 Å². The molecule has 1 aliphatic rings. The van der Waals surface area contributed by atoms with Crippen molar-refractivity contribution in [1.82, 2.24) is 4.90 Å². The molecule has 0 saturated carbocycles. The number of aromatic carboxylic acids is 1. The van der Waals surface area contributed by atoms with E-state index in [2.05, 4.69) is 0 Å². The second kappa shape index (κ2) is 5.71. The summed E-state index contributed by atoms with van der Waals surface area (Å²) in [6, 6.07) is 4.59. The minimum absolute atomic E-state index is 0.00443. The van der Waals surface area contributed by atoms with E-state index < -0.39 is 15.8 Å². The molecule has 0 aromatic heterocycles. The third kappa shape index (κ3) is 3.50. The van der Waals surface area contributed by atoms with Crippen molar-refractivity contribution in [2.45, 2.75) is 19.0 Å². The summed E-state index contributed by atoms with van der Waals surface area (Å²) < 4.78 is 22.9. The predicted molar refractivity (Wildman–Crippen MR) is 76.9 cm³/mol. The van der Waals surface area contributed by atoms with Crippen molar-refractivity contribution in [3.8, 4) is 0 Å². The normalized spacial score (nSPS) is 21.2. The van der Waals surface area contributed by atoms with Crippen LogP contribution in [-0.2, 0) is 16.4 Å². The topological polar surface area (TPSA) is 74.7 Å². The lowest BCUT2D eigenvalue weighted by atomic mass is 10.1. The summed E-state index contributed by atoms with van der Waals surface area (Å²) in [4.78, 5) is 12.8. The zero-order valence-corrected chi connectivity index (χ0v) is 12.6. The Morgan fingerprint density at radius 2 is 2.20 bits per heavy atom. The highest BCUT2D eigenvalue weighted by Crippen LogP contribution is 2.23. The summed E-state index contributed by atoms with van der Waals surface area (Å²) in [5.41, 5.74) is 0.938. The molecule has 0 spiro atoms. The molecule has 1 atom stereocenters. The van der Waals surface area contributed by atoms with Gasteiger partial charge < -0.3 is 5.11 Å². The molecule has 0 aliphatic carbocycles. The van der Waals surface area contributed by atoms with Gasteiger partial charge in [0.1, 0.15) is 0 Å². The van der Waals surface area contributed by atoms with Gasteiger partial charge in [0.25, 0.3) is 0 Å². The van der Waals surface area contributed by atoms with Crippen LogP contribution in [0.25, 0.3) is 0 Å². The Bertz CT molecular complexity index is 629. The van der Waals surface area contributed by atoms with E-state index in [0.717, 1.165) is 5.56 Å². The van der Waals surface area contributed by atoms with E-state index in [0.29, 0.717) is 18.0 Å². The minimum atomic E-state index is -2.91. The molecule has 20 heavy (non-hydrogen) atoms. The summed E-state index contributed by atoms with van der Waals surface area (Å²) in [5.74, 6) is -0.615. The molecule has 1 saturated heterocycles. The molecule has 1 unspecified atom stereocenters. The predicted octanol–water partition coefficient (Wildman–Crippen LogP) is 1.66. The van der Waals surface area contributed by atoms with Gasteiger partial charge in [-0.1, -0.05) is 17.7 Å². The van der Waals surface area contributed by atoms with Crippen LogP contribution in [0.2, 0.25) is 5.02 Å². The fraction of sp³-hybridized carbons (Fsp3) is 0.462. The first-order chi connectivity index (χ1) is 9.28. The Morgan fingerprint density at radius 3 is 2.70 bits per heavy atom. The third-order valence-corrected chi connectivity index (χ3v) is 5.65. The molecule has 1 heterocycles. The van der Waals surface area contributed by atoms with Crippen molar-refractivity contribution in [1.29, 1.82) is 0 Å². The van der Waals surface area contributed by atoms with Crippen molar-refractivity contribution in [3.05, 3.63) is 34.3 Å². The number of sulfone groups is 1. The summed E-state index contributed by atoms with van der Waals surface area (Å²) in [6.07, 6.45) is 0.629. The molecule has 0 amide bonds. The Labute approximate surface area is 123 Å². The summed E-state index contributed by atoms with van der Waals surface area (Å²) in [5, 5.41) is 9.26. The first-order valence-corrected chi connectivity index (χ1v) is 8.41. The van der Waals surface area contributed by atoms with Crippen LogP contribution in [0.1, 0.15) is 22.3 Å². The molecule has 110 valence electrons. The highest BCUT2D eigenvalue weighted by Gasteiger charge is 2.30. The Balaban J connectivity index is 2.08. The van der Waals surface area contributed by atoms with Gasteiger partial charge in [-0.15, -0.1) is 0 Å². The number of hydrogen-bond acceptors (Lipinski definition) is 4. The molecule has 7 heteroatoms. The van der Waals surface area contributed by atoms with Gasteiger partial charge in [-0.3, -0.25) is 4.90 Å². The third-order valence-electron chi connectivity index (χ3n) is 3.55. The molecule has 0 bridgehead atoms. The zero-order chi connectivity index (χ0) is 14.9. The monoisotopic (exact) mass is 317 g/mol. The second-order valence-electron chi connectivity index (χ2n) is 5.08. The van der Waals surface area contributed by atoms with Crippen LogP contribution in [0.5, 0.6) is 0 Å². The number of benzene rings is 1. The molecule has 5 nitrogen and oxygen atoms in total. The average molecular weight is 318 g/mol. The fourth-order valence-corrected chi connectivity index (χ4v) is 4.37. The van der Waals surface area contributed by atoms with Crippen LogP contribution in [-0.4, -0.2) is 49.0 Å². The Hall–Kier alpha value is -1.11. The highest BCUT2D eigenvalue weighted by molar-refractivity contribution is 7.91. The van der Waals surface area contributed by atoms with Crippen molar-refractivity contribution >= 4 is 27.4 Å². The van der Waals surface area contributed by atoms with Gasteiger partial charge in [-0.05, 0) is 31.2 Å². The van der Waals surface area contributed by atoms with E-state index in [1.54, 1.807) is 6.07 Å². The maximum atomic E-state index is 11.5. The molecule has 1 N–H and O–H groups in total. The molecule has 2 rings (SSSR count). The number of carboxylic acids is 1. The number of halogens is 1. The fourth-order valence-electron chi connectivity index (χ4n) is 2.33. The Morgan fingerprint density at radius 1 is 1.50 bits per heavy atom. The summed E-state index contributed by atoms with van der Waals surface area (Å²) in [6.45, 7) is 0.499. The smallest absolute Gasteiger partial charge is 0.335 e. The van der Waals surface area contributed by atoms with Gasteiger partial charge >= 0.3 is 5.97 Å². The van der Waals surface area contributed by atoms with Crippen molar-refractivity contribution in [2.24, 2.45) is 0 Å². The van der Waals surface area contributed by atoms with E-state index >= 15 is 0 Å². The van der Waals surface area contributed by atoms with Crippen LogP contribution in [0.4, 0.5) is 0 Å². The van der Waals surface area contributed by atoms with E-state index in [1.807, 2.05) is 11.9 Å². The number of nitrogens with zero attached hydrogens (tertiary/aromatic N) is 1. The van der Waals surface area contributed by atoms with Crippen molar-refractivity contribution < 1.29 is 18.3 Å². The van der Waals surface area contributed by atoms with Gasteiger partial charge in [-0.2, -0.15) is 0 Å². The van der Waals surface area contributed by atoms with Crippen LogP contribution in [0, 0.1) is 0 Å². The first kappa shape index (κ1) is 15.3. The molecule has 1 aliphatic heterocycles. The first-order valence-electron chi connectivity index (χ1n) is 6.21. The molecular formula is C13H16ClNO4S. The zero-order valence-electron chi connectivity index (χ0n) is 11.0. The summed E-state index contributed by atoms with van der Waals surface area (Å²) in [7, 11) is -1.06. The minimum Gasteiger partial charge on any atom is -0.478 e. The molecule has 0 radical (unpaired) electrons. The number of rotatable bonds is 4. The molecule has 1 aromatic carbocycles. The van der Waals surface area contributed by atoms with E-state index in [4.69, 9.17) is 16.7 Å². The standard InChI is InChI=1S/C13H16ClNO4S/c1-15(11-4-5-20(18,19)8-11)7-10-3-2-9(13(16)17)6-12(10)14/h2-3,6,11H,4-5,7-8H2,1H3,(H,16,17). The van der Waals surface area contributed by atoms with Crippen LogP contribution in [0.15, 0.2) is 18.2 Å². The number of hydrogen-bond donors (Lipinski definition) is 1. The SMILES string of the molecule is CN(Cc1ccc(C(=O)O)cc1Cl)C1CCS(=O)(=O)C1. The van der Waals surface area contributed by atoms with Gasteiger partial charge in [0.15, 0.2) is 9.84 Å². The highest BCUT2D eigenvalue weighted by atomic mass is 35.5. The van der Waals surface area contributed by atoms with E-state index in [9.17, 15) is 13.2 Å². The van der Waals surface area contributed by atoms with Crippen molar-refractivity contribution in [2.75, 3.05) is 18.6 Å². The summed E-state index contributed by atoms with van der Waals surface area (Å²) >= 11 is 6.07. The average Bonchev–Trinajstić information content (AvgIpc) is 2.72. The van der Waals surface area contributed by atoms with Gasteiger partial charge in [0.05, 0.1) is 17.1 Å². The molecule has 1 aromatic rings. The van der Waals surface area contributed by atoms with Crippen LogP contribution in [0.3, 0.4) is 0 Å². The lowest BCUT2D eigenvalue weighted by Gasteiger charge is -2.23. The maximum Gasteiger partial charge on any atom is 0.335 e. The second-order valence-corrected chi connectivity index (χ2v) is 7.72. The molecular weight excluding hydrogens is 302 g/mol. The van der Waals surface area contributed by atoms with Crippen LogP contribution < -0.4 is 0 Å². The molecule has 1 fully saturated rings. The lowest BCUT2D eigenvalue weighted by Crippen LogP contribution is -2.32. The number of carbonyl (C=O) groups is 1. The van der Waals surface area contributed by atoms with E-state index in [-0.39, 0.29) is 23.1 Å².